The fourth-order valence-electron chi connectivity index (χ4n) is 2.84. The maximum atomic E-state index is 14.1. The zero-order chi connectivity index (χ0) is 21.4. The molecule has 0 aromatic heterocycles. The van der Waals surface area contributed by atoms with Crippen LogP contribution in [0, 0.1) is 12.4 Å². The maximum absolute atomic E-state index is 14.1. The van der Waals surface area contributed by atoms with Gasteiger partial charge in [0, 0.05) is 17.7 Å². The van der Waals surface area contributed by atoms with Crippen LogP contribution in [0.4, 0.5) is 28.9 Å². The molecule has 1 aliphatic heterocycles. The third-order valence-electron chi connectivity index (χ3n) is 4.43. The van der Waals surface area contributed by atoms with Crippen molar-refractivity contribution in [3.05, 3.63) is 64.8 Å². The fourth-order valence-corrected chi connectivity index (χ4v) is 2.84. The van der Waals surface area contributed by atoms with E-state index in [2.05, 4.69) is 20.7 Å². The number of alkyl halides is 3. The monoisotopic (exact) mass is 406 g/mol. The molecule has 150 valence electrons. The number of carbonyl (C=O) groups is 1. The highest BCUT2D eigenvalue weighted by atomic mass is 19.4. The summed E-state index contributed by atoms with van der Waals surface area (Å²) in [6.07, 6.45) is -4.81. The van der Waals surface area contributed by atoms with Gasteiger partial charge in [0.2, 0.25) is 0 Å². The van der Waals surface area contributed by atoms with Crippen LogP contribution in [0.5, 0.6) is 5.75 Å². The van der Waals surface area contributed by atoms with Gasteiger partial charge in [-0.25, -0.2) is 9.24 Å². The molecule has 2 aromatic carbocycles. The highest BCUT2D eigenvalue weighted by molar-refractivity contribution is 6.09. The van der Waals surface area contributed by atoms with Crippen molar-refractivity contribution in [1.82, 2.24) is 5.43 Å². The maximum Gasteiger partial charge on any atom is 0.407 e. The van der Waals surface area contributed by atoms with E-state index >= 15 is 0 Å². The number of aromatic hydroxyl groups is 1. The lowest BCUT2D eigenvalue weighted by Gasteiger charge is -2.23. The third-order valence-corrected chi connectivity index (χ3v) is 4.43. The highest BCUT2D eigenvalue weighted by Gasteiger charge is 2.40. The average Bonchev–Trinajstić information content (AvgIpc) is 3.06. The number of carbonyl (C=O) groups excluding carboxylic acids is 1. The van der Waals surface area contributed by atoms with Gasteiger partial charge in [-0.1, -0.05) is 12.1 Å². The first-order chi connectivity index (χ1) is 13.5. The first kappa shape index (κ1) is 20.1. The second-order valence-corrected chi connectivity index (χ2v) is 6.61. The number of hydrazone groups is 1. The first-order valence-corrected chi connectivity index (χ1v) is 8.27. The summed E-state index contributed by atoms with van der Waals surface area (Å²) in [7, 11) is 0. The van der Waals surface area contributed by atoms with Gasteiger partial charge < -0.3 is 10.4 Å². The van der Waals surface area contributed by atoms with Crippen LogP contribution in [-0.2, 0) is 11.0 Å². The molecule has 2 aromatic rings. The van der Waals surface area contributed by atoms with E-state index in [1.165, 1.54) is 31.2 Å². The summed E-state index contributed by atoms with van der Waals surface area (Å²) in [5.41, 5.74) is -0.480. The van der Waals surface area contributed by atoms with Gasteiger partial charge in [0.25, 0.3) is 5.91 Å². The predicted octanol–water partition coefficient (Wildman–Crippen LogP) is 4.20. The minimum Gasteiger partial charge on any atom is -0.505 e. The molecule has 0 radical (unpaired) electrons. The molecule has 3 rings (SSSR count). The Morgan fingerprint density at radius 3 is 2.72 bits per heavy atom. The molecule has 0 aliphatic carbocycles. The highest BCUT2D eigenvalue weighted by Crippen LogP contribution is 2.38. The Bertz CT molecular complexity index is 1060. The normalized spacial score (nSPS) is 18.6. The summed E-state index contributed by atoms with van der Waals surface area (Å²) in [6.45, 7) is 8.30. The molecule has 0 fully saturated rings. The minimum atomic E-state index is -4.75. The van der Waals surface area contributed by atoms with E-state index in [-0.39, 0.29) is 23.4 Å². The van der Waals surface area contributed by atoms with Gasteiger partial charge in [-0.3, -0.25) is 10.2 Å². The Morgan fingerprint density at radius 2 is 2.07 bits per heavy atom. The molecule has 0 spiro atoms. The molecule has 1 heterocycles. The quantitative estimate of drug-likeness (QED) is 0.528. The second kappa shape index (κ2) is 7.09. The summed E-state index contributed by atoms with van der Waals surface area (Å²) in [5.74, 6) is -2.15. The van der Waals surface area contributed by atoms with Gasteiger partial charge in [-0.05, 0) is 31.2 Å². The zero-order valence-electron chi connectivity index (χ0n) is 14.9. The number of phenols is 1. The molecule has 10 heteroatoms. The average molecular weight is 406 g/mol. The van der Waals surface area contributed by atoms with Gasteiger partial charge in [-0.15, -0.1) is 0 Å². The van der Waals surface area contributed by atoms with Crippen LogP contribution >= 0.6 is 0 Å². The third kappa shape index (κ3) is 3.85. The van der Waals surface area contributed by atoms with Crippen molar-refractivity contribution in [1.29, 1.82) is 0 Å². The number of nitrogens with one attached hydrogen (secondary N) is 2. The molecule has 1 atom stereocenters. The molecule has 29 heavy (non-hydrogen) atoms. The van der Waals surface area contributed by atoms with Crippen molar-refractivity contribution in [2.75, 3.05) is 5.32 Å². The number of benzene rings is 2. The number of hydrogen-bond donors (Lipinski definition) is 3. The van der Waals surface area contributed by atoms with E-state index < -0.39 is 40.4 Å². The molecule has 0 saturated heterocycles. The first-order valence-electron chi connectivity index (χ1n) is 8.27. The Kier molecular flexibility index (Phi) is 4.92. The van der Waals surface area contributed by atoms with E-state index in [0.29, 0.717) is 6.07 Å². The van der Waals surface area contributed by atoms with Crippen molar-refractivity contribution < 1.29 is 27.5 Å². The number of rotatable bonds is 3. The van der Waals surface area contributed by atoms with Crippen LogP contribution in [0.25, 0.3) is 4.85 Å². The van der Waals surface area contributed by atoms with E-state index in [1.807, 2.05) is 0 Å². The van der Waals surface area contributed by atoms with Crippen LogP contribution < -0.4 is 10.7 Å². The van der Waals surface area contributed by atoms with Gasteiger partial charge in [-0.2, -0.15) is 18.3 Å². The SMILES string of the molecule is [C-]#[N+]c1ccc(NC(=O)C2(C)CC(c3cccc(O)c3F)=NN2)cc1C(F)(F)F. The number of hydrogen-bond acceptors (Lipinski definition) is 4. The van der Waals surface area contributed by atoms with E-state index in [4.69, 9.17) is 6.57 Å². The molecular formula is C19H14F4N4O2. The van der Waals surface area contributed by atoms with Crippen LogP contribution in [-0.4, -0.2) is 22.3 Å². The largest absolute Gasteiger partial charge is 0.505 e. The van der Waals surface area contributed by atoms with E-state index in [0.717, 1.165) is 6.07 Å². The number of amides is 1. The van der Waals surface area contributed by atoms with Gasteiger partial charge in [0.15, 0.2) is 17.3 Å². The fraction of sp³-hybridized carbons (Fsp3) is 0.211. The van der Waals surface area contributed by atoms with Gasteiger partial charge in [0.05, 0.1) is 17.8 Å². The van der Waals surface area contributed by atoms with Crippen molar-refractivity contribution in [2.24, 2.45) is 5.10 Å². The predicted molar refractivity (Wildman–Crippen MR) is 97.1 cm³/mol. The number of phenolic OH excluding ortho intramolecular Hbond substituents is 1. The Balaban J connectivity index is 1.80. The molecule has 3 N–H and O–H groups in total. The topological polar surface area (TPSA) is 78.1 Å². The number of nitrogens with zero attached hydrogens (tertiary/aromatic N) is 2. The summed E-state index contributed by atoms with van der Waals surface area (Å²) in [6, 6.07) is 6.82. The van der Waals surface area contributed by atoms with E-state index in [9.17, 15) is 27.5 Å². The Labute approximate surface area is 162 Å². The number of halogens is 4. The molecule has 1 aliphatic rings. The Morgan fingerprint density at radius 1 is 1.34 bits per heavy atom. The van der Waals surface area contributed by atoms with E-state index in [1.54, 1.807) is 0 Å². The lowest BCUT2D eigenvalue weighted by atomic mass is 9.92. The van der Waals surface area contributed by atoms with Crippen LogP contribution in [0.15, 0.2) is 41.5 Å². The summed E-state index contributed by atoms with van der Waals surface area (Å²) in [5, 5.41) is 15.8. The molecule has 0 bridgehead atoms. The lowest BCUT2D eigenvalue weighted by Crippen LogP contribution is -2.47. The van der Waals surface area contributed by atoms with Crippen LogP contribution in [0.3, 0.4) is 0 Å². The smallest absolute Gasteiger partial charge is 0.407 e. The minimum absolute atomic E-state index is 0.00907. The second-order valence-electron chi connectivity index (χ2n) is 6.61. The van der Waals surface area contributed by atoms with Crippen molar-refractivity contribution in [2.45, 2.75) is 25.1 Å². The molecular weight excluding hydrogens is 392 g/mol. The molecule has 1 unspecified atom stereocenters. The molecule has 0 saturated carbocycles. The number of anilines is 1. The molecule has 1 amide bonds. The van der Waals surface area contributed by atoms with Crippen molar-refractivity contribution in [3.63, 3.8) is 0 Å². The summed E-state index contributed by atoms with van der Waals surface area (Å²) in [4.78, 5) is 15.5. The summed E-state index contributed by atoms with van der Waals surface area (Å²) < 4.78 is 53.4. The van der Waals surface area contributed by atoms with Crippen LogP contribution in [0.2, 0.25) is 0 Å². The Hall–Kier alpha value is -3.61. The summed E-state index contributed by atoms with van der Waals surface area (Å²) >= 11 is 0. The zero-order valence-corrected chi connectivity index (χ0v) is 14.9. The van der Waals surface area contributed by atoms with Gasteiger partial charge in [0.1, 0.15) is 5.54 Å². The van der Waals surface area contributed by atoms with Crippen LogP contribution in [0.1, 0.15) is 24.5 Å². The molecule has 6 nitrogen and oxygen atoms in total. The lowest BCUT2D eigenvalue weighted by molar-refractivity contribution is -0.136. The standard InChI is InChI=1S/C19H14F4N4O2/c1-18(9-14(26-27-18)11-4-3-5-15(28)16(11)20)17(29)25-10-6-7-13(24-2)12(8-10)19(21,22)23/h3-8,27-28H,9H2,1H3,(H,25,29). The van der Waals surface area contributed by atoms with Gasteiger partial charge >= 0.3 is 6.18 Å². The van der Waals surface area contributed by atoms with Crippen molar-refractivity contribution in [3.8, 4) is 5.75 Å². The van der Waals surface area contributed by atoms with Crippen molar-refractivity contribution >= 4 is 23.0 Å².